The molecule has 0 saturated carbocycles. The number of anilines is 1. The molecule has 8 nitrogen and oxygen atoms in total. The Labute approximate surface area is 163 Å². The predicted octanol–water partition coefficient (Wildman–Crippen LogP) is 4.91. The largest absolute Gasteiger partial charge is 0.321 e. The second-order valence-corrected chi connectivity index (χ2v) is 6.73. The zero-order valence-corrected chi connectivity index (χ0v) is 15.1. The molecule has 0 bridgehead atoms. The van der Waals surface area contributed by atoms with Gasteiger partial charge in [0.15, 0.2) is 0 Å². The molecule has 0 saturated heterocycles. The molecule has 0 aliphatic carbocycles. The van der Waals surface area contributed by atoms with Crippen LogP contribution < -0.4 is 5.32 Å². The van der Waals surface area contributed by atoms with E-state index in [1.807, 2.05) is 42.5 Å². The summed E-state index contributed by atoms with van der Waals surface area (Å²) in [7, 11) is 0. The fraction of sp³-hybridized carbons (Fsp3) is 0. The van der Waals surface area contributed by atoms with Crippen LogP contribution in [-0.2, 0) is 0 Å². The number of nitrogens with zero attached hydrogens (tertiary/aromatic N) is 2. The van der Waals surface area contributed by atoms with E-state index in [-0.39, 0.29) is 5.56 Å². The van der Waals surface area contributed by atoms with Crippen molar-refractivity contribution in [1.82, 2.24) is 0 Å². The predicted molar refractivity (Wildman–Crippen MR) is 105 cm³/mol. The maximum atomic E-state index is 12.6. The number of amides is 1. The first-order valence-electron chi connectivity index (χ1n) is 8.01. The molecule has 0 heterocycles. The Morgan fingerprint density at radius 1 is 0.821 bits per heavy atom. The van der Waals surface area contributed by atoms with Crippen molar-refractivity contribution in [3.05, 3.63) is 98.6 Å². The van der Waals surface area contributed by atoms with Gasteiger partial charge in [0.05, 0.1) is 27.2 Å². The number of carbonyl (C=O) groups excluding carboxylic acids is 1. The highest BCUT2D eigenvalue weighted by molar-refractivity contribution is 7.99. The second kappa shape index (κ2) is 8.31. The van der Waals surface area contributed by atoms with Gasteiger partial charge in [-0.25, -0.2) is 0 Å². The molecule has 28 heavy (non-hydrogen) atoms. The lowest BCUT2D eigenvalue weighted by atomic mass is 10.1. The average molecular weight is 395 g/mol. The molecular weight excluding hydrogens is 382 g/mol. The van der Waals surface area contributed by atoms with Crippen molar-refractivity contribution in [3.8, 4) is 0 Å². The first-order valence-corrected chi connectivity index (χ1v) is 8.83. The maximum absolute atomic E-state index is 12.6. The van der Waals surface area contributed by atoms with Gasteiger partial charge in [0.1, 0.15) is 0 Å². The van der Waals surface area contributed by atoms with Crippen LogP contribution in [0.15, 0.2) is 82.6 Å². The zero-order valence-electron chi connectivity index (χ0n) is 14.3. The number of nitro groups is 2. The quantitative estimate of drug-likeness (QED) is 0.468. The molecule has 140 valence electrons. The van der Waals surface area contributed by atoms with Gasteiger partial charge in [-0.1, -0.05) is 42.1 Å². The Balaban J connectivity index is 1.90. The van der Waals surface area contributed by atoms with Gasteiger partial charge in [-0.3, -0.25) is 25.0 Å². The lowest BCUT2D eigenvalue weighted by Crippen LogP contribution is -2.13. The summed E-state index contributed by atoms with van der Waals surface area (Å²) >= 11 is 1.44. The van der Waals surface area contributed by atoms with E-state index in [2.05, 4.69) is 5.32 Å². The van der Waals surface area contributed by atoms with Gasteiger partial charge in [0, 0.05) is 21.9 Å². The third-order valence-electron chi connectivity index (χ3n) is 3.69. The highest BCUT2D eigenvalue weighted by atomic mass is 32.2. The summed E-state index contributed by atoms with van der Waals surface area (Å²) in [6, 6.07) is 19.4. The Kier molecular flexibility index (Phi) is 5.66. The van der Waals surface area contributed by atoms with E-state index in [0.29, 0.717) is 5.69 Å². The summed E-state index contributed by atoms with van der Waals surface area (Å²) in [6.07, 6.45) is 0. The minimum Gasteiger partial charge on any atom is -0.321 e. The van der Waals surface area contributed by atoms with Crippen molar-refractivity contribution in [3.63, 3.8) is 0 Å². The number of non-ortho nitro benzene ring substituents is 2. The molecular formula is C19H13N3O5S. The van der Waals surface area contributed by atoms with Crippen LogP contribution in [0.25, 0.3) is 0 Å². The maximum Gasteiger partial charge on any atom is 0.277 e. The van der Waals surface area contributed by atoms with Gasteiger partial charge in [-0.05, 0) is 24.3 Å². The van der Waals surface area contributed by atoms with E-state index in [4.69, 9.17) is 0 Å². The van der Waals surface area contributed by atoms with Crippen molar-refractivity contribution in [2.24, 2.45) is 0 Å². The average Bonchev–Trinajstić information content (AvgIpc) is 2.69. The number of carbonyl (C=O) groups is 1. The monoisotopic (exact) mass is 395 g/mol. The lowest BCUT2D eigenvalue weighted by molar-refractivity contribution is -0.394. The van der Waals surface area contributed by atoms with Gasteiger partial charge < -0.3 is 5.32 Å². The molecule has 0 aliphatic rings. The minimum absolute atomic E-state index is 0.166. The molecule has 0 unspecified atom stereocenters. The van der Waals surface area contributed by atoms with E-state index < -0.39 is 27.1 Å². The fourth-order valence-corrected chi connectivity index (χ4v) is 3.33. The van der Waals surface area contributed by atoms with Gasteiger partial charge >= 0.3 is 0 Å². The molecule has 0 fully saturated rings. The molecule has 3 aromatic carbocycles. The first kappa shape index (κ1) is 19.1. The third kappa shape index (κ3) is 4.51. The molecule has 0 aromatic heterocycles. The summed E-state index contributed by atoms with van der Waals surface area (Å²) in [5.41, 5.74) is -0.714. The number of nitro benzene ring substituents is 2. The Hall–Kier alpha value is -3.72. The molecule has 3 rings (SSSR count). The third-order valence-corrected chi connectivity index (χ3v) is 4.78. The number of hydrogen-bond acceptors (Lipinski definition) is 6. The molecule has 0 spiro atoms. The lowest BCUT2D eigenvalue weighted by Gasteiger charge is -2.11. The van der Waals surface area contributed by atoms with Crippen molar-refractivity contribution in [2.45, 2.75) is 9.79 Å². The van der Waals surface area contributed by atoms with E-state index in [1.54, 1.807) is 12.1 Å². The Morgan fingerprint density at radius 2 is 1.39 bits per heavy atom. The van der Waals surface area contributed by atoms with Crippen molar-refractivity contribution in [1.29, 1.82) is 0 Å². The number of nitrogens with one attached hydrogen (secondary N) is 1. The number of rotatable bonds is 6. The summed E-state index contributed by atoms with van der Waals surface area (Å²) in [6.45, 7) is 0. The Bertz CT molecular complexity index is 1020. The van der Waals surface area contributed by atoms with Crippen LogP contribution in [0.3, 0.4) is 0 Å². The SMILES string of the molecule is O=C(Nc1ccccc1Sc1ccccc1)c1cc([N+](=O)[O-])cc([N+](=O)[O-])c1. The van der Waals surface area contributed by atoms with Crippen LogP contribution in [0.2, 0.25) is 0 Å². The van der Waals surface area contributed by atoms with Crippen molar-refractivity contribution < 1.29 is 14.6 Å². The minimum atomic E-state index is -0.775. The topological polar surface area (TPSA) is 115 Å². The van der Waals surface area contributed by atoms with Crippen molar-refractivity contribution in [2.75, 3.05) is 5.32 Å². The van der Waals surface area contributed by atoms with Crippen LogP contribution in [0.5, 0.6) is 0 Å². The van der Waals surface area contributed by atoms with Gasteiger partial charge in [-0.2, -0.15) is 0 Å². The van der Waals surface area contributed by atoms with Crippen LogP contribution in [0.1, 0.15) is 10.4 Å². The van der Waals surface area contributed by atoms with Gasteiger partial charge in [0.2, 0.25) is 0 Å². The van der Waals surface area contributed by atoms with Gasteiger partial charge in [-0.15, -0.1) is 0 Å². The summed E-state index contributed by atoms with van der Waals surface area (Å²) in [5, 5.41) is 24.7. The number of hydrogen-bond donors (Lipinski definition) is 1. The van der Waals surface area contributed by atoms with Crippen LogP contribution in [-0.4, -0.2) is 15.8 Å². The van der Waals surface area contributed by atoms with Crippen LogP contribution in [0.4, 0.5) is 17.1 Å². The van der Waals surface area contributed by atoms with Crippen LogP contribution in [0, 0.1) is 20.2 Å². The first-order chi connectivity index (χ1) is 13.4. The highest BCUT2D eigenvalue weighted by Crippen LogP contribution is 2.33. The van der Waals surface area contributed by atoms with Crippen LogP contribution >= 0.6 is 11.8 Å². The zero-order chi connectivity index (χ0) is 20.1. The summed E-state index contributed by atoms with van der Waals surface area (Å²) in [4.78, 5) is 34.8. The molecule has 1 N–H and O–H groups in total. The molecule has 3 aromatic rings. The molecule has 0 atom stereocenters. The highest BCUT2D eigenvalue weighted by Gasteiger charge is 2.20. The normalized spacial score (nSPS) is 10.3. The van der Waals surface area contributed by atoms with E-state index in [9.17, 15) is 25.0 Å². The fourth-order valence-electron chi connectivity index (χ4n) is 2.41. The smallest absolute Gasteiger partial charge is 0.277 e. The number of para-hydroxylation sites is 1. The molecule has 1 amide bonds. The van der Waals surface area contributed by atoms with Gasteiger partial charge in [0.25, 0.3) is 17.3 Å². The molecule has 0 aliphatic heterocycles. The standard InChI is InChI=1S/C19H13N3O5S/c23-19(13-10-14(21(24)25)12-15(11-13)22(26)27)20-17-8-4-5-9-18(17)28-16-6-2-1-3-7-16/h1-12H,(H,20,23). The summed E-state index contributed by atoms with van der Waals surface area (Å²) in [5.74, 6) is -0.673. The van der Waals surface area contributed by atoms with E-state index in [1.165, 1.54) is 11.8 Å². The van der Waals surface area contributed by atoms with E-state index in [0.717, 1.165) is 28.0 Å². The van der Waals surface area contributed by atoms with E-state index >= 15 is 0 Å². The van der Waals surface area contributed by atoms with Crippen molar-refractivity contribution >= 4 is 34.7 Å². The molecule has 9 heteroatoms. The Morgan fingerprint density at radius 3 is 2.00 bits per heavy atom. The summed E-state index contributed by atoms with van der Waals surface area (Å²) < 4.78 is 0. The second-order valence-electron chi connectivity index (χ2n) is 5.62. The number of benzene rings is 3. The molecule has 0 radical (unpaired) electrons.